The molecule has 0 aromatic heterocycles. The maximum absolute atomic E-state index is 13.1. The van der Waals surface area contributed by atoms with Crippen LogP contribution in [0.2, 0.25) is 0 Å². The van der Waals surface area contributed by atoms with E-state index in [9.17, 15) is 17.6 Å². The lowest BCUT2D eigenvalue weighted by Gasteiger charge is -2.37. The summed E-state index contributed by atoms with van der Waals surface area (Å²) in [5.74, 6) is -0.532. The van der Waals surface area contributed by atoms with Gasteiger partial charge in [-0.3, -0.25) is 9.10 Å². The summed E-state index contributed by atoms with van der Waals surface area (Å²) in [5, 5.41) is 0. The molecule has 0 aliphatic carbocycles. The highest BCUT2D eigenvalue weighted by atomic mass is 79.9. The molecule has 1 fully saturated rings. The van der Waals surface area contributed by atoms with E-state index in [1.807, 2.05) is 0 Å². The van der Waals surface area contributed by atoms with Crippen molar-refractivity contribution < 1.29 is 17.6 Å². The summed E-state index contributed by atoms with van der Waals surface area (Å²) in [4.78, 5) is 16.5. The molecule has 2 aromatic carbocycles. The minimum Gasteiger partial charge on any atom is -0.368 e. The lowest BCUT2D eigenvalue weighted by molar-refractivity contribution is -0.129. The Morgan fingerprint density at radius 1 is 1.11 bits per heavy atom. The molecule has 1 saturated heterocycles. The van der Waals surface area contributed by atoms with Crippen LogP contribution in [0.1, 0.15) is 0 Å². The number of carbonyl (C=O) groups excluding carboxylic acids is 1. The highest BCUT2D eigenvalue weighted by Crippen LogP contribution is 2.23. The molecule has 1 heterocycles. The number of carbonyl (C=O) groups is 1. The summed E-state index contributed by atoms with van der Waals surface area (Å²) >= 11 is 3.33. The first kappa shape index (κ1) is 20.6. The molecule has 1 aliphatic rings. The normalized spacial score (nSPS) is 14.8. The van der Waals surface area contributed by atoms with Gasteiger partial charge in [0.25, 0.3) is 0 Å². The molecule has 6 nitrogen and oxygen atoms in total. The second-order valence-corrected chi connectivity index (χ2v) is 9.42. The number of rotatable bonds is 5. The number of halogens is 2. The van der Waals surface area contributed by atoms with Crippen molar-refractivity contribution in [3.8, 4) is 0 Å². The Labute approximate surface area is 172 Å². The van der Waals surface area contributed by atoms with Gasteiger partial charge in [-0.15, -0.1) is 0 Å². The van der Waals surface area contributed by atoms with E-state index in [2.05, 4.69) is 20.8 Å². The van der Waals surface area contributed by atoms with E-state index in [0.29, 0.717) is 31.9 Å². The molecular formula is C19H21BrFN3O3S. The van der Waals surface area contributed by atoms with E-state index in [0.717, 1.165) is 20.7 Å². The van der Waals surface area contributed by atoms with Crippen LogP contribution in [-0.4, -0.2) is 58.2 Å². The fourth-order valence-corrected chi connectivity index (χ4v) is 4.35. The van der Waals surface area contributed by atoms with Gasteiger partial charge >= 0.3 is 0 Å². The molecule has 2 aromatic rings. The van der Waals surface area contributed by atoms with Gasteiger partial charge in [-0.25, -0.2) is 12.8 Å². The Morgan fingerprint density at radius 3 is 2.32 bits per heavy atom. The number of hydrogen-bond acceptors (Lipinski definition) is 4. The van der Waals surface area contributed by atoms with Crippen LogP contribution in [0.5, 0.6) is 0 Å². The van der Waals surface area contributed by atoms with Crippen molar-refractivity contribution in [2.24, 2.45) is 0 Å². The van der Waals surface area contributed by atoms with Gasteiger partial charge in [0.2, 0.25) is 15.9 Å². The number of hydrogen-bond donors (Lipinski definition) is 0. The van der Waals surface area contributed by atoms with E-state index in [1.54, 1.807) is 41.3 Å². The second kappa shape index (κ2) is 8.48. The molecular weight excluding hydrogens is 449 g/mol. The van der Waals surface area contributed by atoms with Gasteiger partial charge in [-0.2, -0.15) is 0 Å². The molecule has 0 bridgehead atoms. The molecule has 0 unspecified atom stereocenters. The van der Waals surface area contributed by atoms with Crippen LogP contribution in [0.3, 0.4) is 0 Å². The summed E-state index contributed by atoms with van der Waals surface area (Å²) in [6.45, 7) is 1.92. The minimum atomic E-state index is -3.61. The molecule has 1 amide bonds. The zero-order valence-electron chi connectivity index (χ0n) is 15.4. The quantitative estimate of drug-likeness (QED) is 0.675. The summed E-state index contributed by atoms with van der Waals surface area (Å²) in [5.41, 5.74) is 1.34. The van der Waals surface area contributed by atoms with Crippen molar-refractivity contribution in [3.63, 3.8) is 0 Å². The average molecular weight is 470 g/mol. The van der Waals surface area contributed by atoms with Gasteiger partial charge in [0.05, 0.1) is 11.9 Å². The van der Waals surface area contributed by atoms with Gasteiger partial charge < -0.3 is 9.80 Å². The van der Waals surface area contributed by atoms with Crippen molar-refractivity contribution in [1.82, 2.24) is 4.90 Å². The van der Waals surface area contributed by atoms with Crippen molar-refractivity contribution in [2.75, 3.05) is 48.2 Å². The predicted molar refractivity (Wildman–Crippen MR) is 112 cm³/mol. The van der Waals surface area contributed by atoms with E-state index >= 15 is 0 Å². The summed E-state index contributed by atoms with van der Waals surface area (Å²) in [6.07, 6.45) is 1.09. The van der Waals surface area contributed by atoms with Gasteiger partial charge in [-0.05, 0) is 42.5 Å². The fourth-order valence-electron chi connectivity index (χ4n) is 3.12. The van der Waals surface area contributed by atoms with Crippen LogP contribution in [0.15, 0.2) is 53.0 Å². The largest absolute Gasteiger partial charge is 0.368 e. The van der Waals surface area contributed by atoms with E-state index in [1.165, 1.54) is 12.1 Å². The zero-order chi connectivity index (χ0) is 20.3. The van der Waals surface area contributed by atoms with Crippen LogP contribution in [-0.2, 0) is 14.8 Å². The van der Waals surface area contributed by atoms with Crippen LogP contribution in [0.4, 0.5) is 15.8 Å². The number of piperazine rings is 1. The van der Waals surface area contributed by atoms with Gasteiger partial charge in [0, 0.05) is 36.3 Å². The average Bonchev–Trinajstić information content (AvgIpc) is 2.66. The van der Waals surface area contributed by atoms with Crippen molar-refractivity contribution in [3.05, 3.63) is 58.8 Å². The molecule has 150 valence electrons. The lowest BCUT2D eigenvalue weighted by atomic mass is 10.2. The Morgan fingerprint density at radius 2 is 1.75 bits per heavy atom. The Balaban J connectivity index is 1.66. The minimum absolute atomic E-state index is 0.244. The molecule has 0 saturated carbocycles. The Bertz CT molecular complexity index is 945. The summed E-state index contributed by atoms with van der Waals surface area (Å²) in [7, 11) is -3.61. The number of sulfonamides is 1. The van der Waals surface area contributed by atoms with E-state index < -0.39 is 10.0 Å². The van der Waals surface area contributed by atoms with E-state index in [4.69, 9.17) is 0 Å². The van der Waals surface area contributed by atoms with Crippen molar-refractivity contribution >= 4 is 43.2 Å². The van der Waals surface area contributed by atoms with Crippen LogP contribution in [0.25, 0.3) is 0 Å². The molecule has 3 rings (SSSR count). The highest BCUT2D eigenvalue weighted by molar-refractivity contribution is 9.10. The summed E-state index contributed by atoms with van der Waals surface area (Å²) < 4.78 is 39.4. The third kappa shape index (κ3) is 5.02. The standard InChI is InChI=1S/C19H21BrFN3O3S/c1-28(26,27)24(18-4-2-3-15(20)13-18)14-19(25)23-11-9-22(10-12-23)17-7-5-16(21)6-8-17/h2-8,13H,9-12,14H2,1H3. The predicted octanol–water partition coefficient (Wildman–Crippen LogP) is 2.70. The Kier molecular flexibility index (Phi) is 6.24. The first-order valence-corrected chi connectivity index (χ1v) is 11.4. The van der Waals surface area contributed by atoms with E-state index in [-0.39, 0.29) is 18.3 Å². The topological polar surface area (TPSA) is 60.9 Å². The fraction of sp³-hybridized carbons (Fsp3) is 0.316. The molecule has 0 N–H and O–H groups in total. The zero-order valence-corrected chi connectivity index (χ0v) is 17.8. The van der Waals surface area contributed by atoms with Crippen molar-refractivity contribution in [1.29, 1.82) is 0 Å². The molecule has 28 heavy (non-hydrogen) atoms. The Hall–Kier alpha value is -2.13. The lowest BCUT2D eigenvalue weighted by Crippen LogP contribution is -2.52. The first-order chi connectivity index (χ1) is 13.2. The van der Waals surface area contributed by atoms with Gasteiger partial charge in [-0.1, -0.05) is 22.0 Å². The molecule has 0 radical (unpaired) electrons. The monoisotopic (exact) mass is 469 g/mol. The molecule has 9 heteroatoms. The number of benzene rings is 2. The van der Waals surface area contributed by atoms with Gasteiger partial charge in [0.1, 0.15) is 12.4 Å². The second-order valence-electron chi connectivity index (χ2n) is 6.59. The maximum atomic E-state index is 13.1. The van der Waals surface area contributed by atoms with Crippen LogP contribution < -0.4 is 9.21 Å². The maximum Gasteiger partial charge on any atom is 0.243 e. The number of anilines is 2. The molecule has 0 atom stereocenters. The van der Waals surface area contributed by atoms with Gasteiger partial charge in [0.15, 0.2) is 0 Å². The highest BCUT2D eigenvalue weighted by Gasteiger charge is 2.26. The smallest absolute Gasteiger partial charge is 0.243 e. The van der Waals surface area contributed by atoms with Crippen LogP contribution >= 0.6 is 15.9 Å². The molecule has 1 aliphatic heterocycles. The van der Waals surface area contributed by atoms with Crippen LogP contribution in [0, 0.1) is 5.82 Å². The third-order valence-electron chi connectivity index (χ3n) is 4.60. The molecule has 0 spiro atoms. The first-order valence-electron chi connectivity index (χ1n) is 8.75. The SMILES string of the molecule is CS(=O)(=O)N(CC(=O)N1CCN(c2ccc(F)cc2)CC1)c1cccc(Br)c1. The number of nitrogens with zero attached hydrogens (tertiary/aromatic N) is 3. The summed E-state index contributed by atoms with van der Waals surface area (Å²) in [6, 6.07) is 13.1. The number of amides is 1. The third-order valence-corrected chi connectivity index (χ3v) is 6.23. The van der Waals surface area contributed by atoms with Crippen molar-refractivity contribution in [2.45, 2.75) is 0 Å².